The smallest absolute Gasteiger partial charge is 0.293 e. The van der Waals surface area contributed by atoms with Gasteiger partial charge in [0.15, 0.2) is 0 Å². The lowest BCUT2D eigenvalue weighted by Crippen LogP contribution is -2.02. The molecule has 0 spiro atoms. The van der Waals surface area contributed by atoms with Crippen molar-refractivity contribution in [1.29, 1.82) is 0 Å². The molecule has 1 aromatic heterocycles. The highest BCUT2D eigenvalue weighted by molar-refractivity contribution is 9.10. The van der Waals surface area contributed by atoms with Gasteiger partial charge in [-0.15, -0.1) is 0 Å². The summed E-state index contributed by atoms with van der Waals surface area (Å²) in [5.41, 5.74) is 2.42. The zero-order chi connectivity index (χ0) is 16.2. The van der Waals surface area contributed by atoms with E-state index in [1.165, 1.54) is 6.07 Å². The van der Waals surface area contributed by atoms with E-state index in [0.29, 0.717) is 16.7 Å². The maximum absolute atomic E-state index is 11.1. The maximum atomic E-state index is 11.1. The van der Waals surface area contributed by atoms with E-state index < -0.39 is 4.92 Å². The Balaban J connectivity index is 1.75. The Labute approximate surface area is 141 Å². The first-order chi connectivity index (χ1) is 11.1. The number of anilines is 1. The lowest BCUT2D eigenvalue weighted by atomic mass is 10.2. The zero-order valence-electron chi connectivity index (χ0n) is 12.0. The highest BCUT2D eigenvalue weighted by Crippen LogP contribution is 2.28. The predicted octanol–water partition coefficient (Wildman–Crippen LogP) is 4.16. The number of hydrogen-bond acceptors (Lipinski definition) is 4. The van der Waals surface area contributed by atoms with Crippen LogP contribution in [0.4, 0.5) is 11.4 Å². The van der Waals surface area contributed by atoms with E-state index in [9.17, 15) is 10.1 Å². The summed E-state index contributed by atoms with van der Waals surface area (Å²) in [6, 6.07) is 14.7. The van der Waals surface area contributed by atoms with Crippen molar-refractivity contribution in [1.82, 2.24) is 9.78 Å². The third-order valence-electron chi connectivity index (χ3n) is 3.30. The van der Waals surface area contributed by atoms with Gasteiger partial charge in [-0.1, -0.05) is 34.1 Å². The molecule has 116 valence electrons. The van der Waals surface area contributed by atoms with Gasteiger partial charge in [0.25, 0.3) is 5.69 Å². The van der Waals surface area contributed by atoms with Crippen molar-refractivity contribution in [2.75, 3.05) is 5.32 Å². The van der Waals surface area contributed by atoms with E-state index in [0.717, 1.165) is 11.3 Å². The monoisotopic (exact) mass is 372 g/mol. The van der Waals surface area contributed by atoms with Crippen molar-refractivity contribution in [2.24, 2.45) is 0 Å². The summed E-state index contributed by atoms with van der Waals surface area (Å²) in [6.07, 6.45) is 3.64. The molecule has 0 radical (unpaired) electrons. The second-order valence-electron chi connectivity index (χ2n) is 4.90. The second-order valence-corrected chi connectivity index (χ2v) is 5.82. The summed E-state index contributed by atoms with van der Waals surface area (Å²) in [5.74, 6) is 0. The van der Waals surface area contributed by atoms with Crippen LogP contribution >= 0.6 is 15.9 Å². The molecule has 0 bridgehead atoms. The van der Waals surface area contributed by atoms with Crippen molar-refractivity contribution in [3.8, 4) is 5.69 Å². The first kappa shape index (κ1) is 15.2. The number of aromatic nitrogens is 2. The highest BCUT2D eigenvalue weighted by Gasteiger charge is 2.14. The summed E-state index contributed by atoms with van der Waals surface area (Å²) in [7, 11) is 0. The Morgan fingerprint density at radius 3 is 2.74 bits per heavy atom. The average molecular weight is 373 g/mol. The first-order valence-corrected chi connectivity index (χ1v) is 7.69. The Morgan fingerprint density at radius 1 is 1.22 bits per heavy atom. The van der Waals surface area contributed by atoms with E-state index in [-0.39, 0.29) is 5.69 Å². The van der Waals surface area contributed by atoms with E-state index in [4.69, 9.17) is 0 Å². The van der Waals surface area contributed by atoms with Gasteiger partial charge in [-0.05, 0) is 24.3 Å². The summed E-state index contributed by atoms with van der Waals surface area (Å²) < 4.78 is 2.44. The molecule has 3 rings (SSSR count). The lowest BCUT2D eigenvalue weighted by Gasteiger charge is -2.06. The van der Waals surface area contributed by atoms with Crippen LogP contribution in [0.1, 0.15) is 5.56 Å². The van der Waals surface area contributed by atoms with Gasteiger partial charge in [-0.3, -0.25) is 10.1 Å². The molecule has 2 aromatic carbocycles. The van der Waals surface area contributed by atoms with E-state index in [1.54, 1.807) is 23.0 Å². The summed E-state index contributed by atoms with van der Waals surface area (Å²) in [4.78, 5) is 10.7. The minimum atomic E-state index is -0.402. The number of hydrogen-bond donors (Lipinski definition) is 1. The summed E-state index contributed by atoms with van der Waals surface area (Å²) in [5, 5.41) is 18.5. The molecular weight excluding hydrogens is 360 g/mol. The molecule has 0 saturated heterocycles. The van der Waals surface area contributed by atoms with Crippen LogP contribution in [0, 0.1) is 10.1 Å². The van der Waals surface area contributed by atoms with Crippen LogP contribution in [0.5, 0.6) is 0 Å². The van der Waals surface area contributed by atoms with Gasteiger partial charge in [0.1, 0.15) is 5.69 Å². The third kappa shape index (κ3) is 3.57. The molecule has 0 fully saturated rings. The second kappa shape index (κ2) is 6.62. The number of nitrogens with zero attached hydrogens (tertiary/aromatic N) is 3. The third-order valence-corrected chi connectivity index (χ3v) is 3.79. The van der Waals surface area contributed by atoms with Crippen molar-refractivity contribution in [2.45, 2.75) is 6.54 Å². The van der Waals surface area contributed by atoms with Gasteiger partial charge in [-0.25, -0.2) is 4.68 Å². The van der Waals surface area contributed by atoms with Gasteiger partial charge in [0, 0.05) is 28.8 Å². The normalized spacial score (nSPS) is 10.5. The predicted molar refractivity (Wildman–Crippen MR) is 91.7 cm³/mol. The SMILES string of the molecule is O=[N+]([O-])c1cc(Br)ccc1NCc1cnn(-c2ccccc2)c1. The van der Waals surface area contributed by atoms with E-state index in [1.807, 2.05) is 36.5 Å². The number of halogens is 1. The number of nitro groups is 1. The highest BCUT2D eigenvalue weighted by atomic mass is 79.9. The Kier molecular flexibility index (Phi) is 4.38. The minimum Gasteiger partial charge on any atom is -0.375 e. The molecule has 0 amide bonds. The molecule has 23 heavy (non-hydrogen) atoms. The standard InChI is InChI=1S/C16H13BrN4O2/c17-13-6-7-15(16(8-13)21(22)23)18-9-12-10-19-20(11-12)14-4-2-1-3-5-14/h1-8,10-11,18H,9H2. The molecule has 0 unspecified atom stereocenters. The fraction of sp³-hybridized carbons (Fsp3) is 0.0625. The van der Waals surface area contributed by atoms with E-state index >= 15 is 0 Å². The topological polar surface area (TPSA) is 73.0 Å². The fourth-order valence-corrected chi connectivity index (χ4v) is 2.52. The van der Waals surface area contributed by atoms with Crippen LogP contribution in [0.2, 0.25) is 0 Å². The van der Waals surface area contributed by atoms with Crippen LogP contribution < -0.4 is 5.32 Å². The molecule has 0 aliphatic carbocycles. The van der Waals surface area contributed by atoms with Crippen LogP contribution in [0.25, 0.3) is 5.69 Å². The van der Waals surface area contributed by atoms with Crippen LogP contribution in [0.3, 0.4) is 0 Å². The molecule has 0 atom stereocenters. The zero-order valence-corrected chi connectivity index (χ0v) is 13.6. The largest absolute Gasteiger partial charge is 0.375 e. The number of rotatable bonds is 5. The van der Waals surface area contributed by atoms with Crippen LogP contribution in [0.15, 0.2) is 65.4 Å². The van der Waals surface area contributed by atoms with Gasteiger partial charge in [0.05, 0.1) is 16.8 Å². The molecule has 1 N–H and O–H groups in total. The Morgan fingerprint density at radius 2 is 2.00 bits per heavy atom. The van der Waals surface area contributed by atoms with E-state index in [2.05, 4.69) is 26.3 Å². The molecule has 3 aromatic rings. The quantitative estimate of drug-likeness (QED) is 0.539. The Bertz CT molecular complexity index is 833. The number of nitrogens with one attached hydrogen (secondary N) is 1. The lowest BCUT2D eigenvalue weighted by molar-refractivity contribution is -0.384. The molecule has 0 aliphatic rings. The molecule has 0 saturated carbocycles. The van der Waals surface area contributed by atoms with Crippen LogP contribution in [-0.2, 0) is 6.54 Å². The summed E-state index contributed by atoms with van der Waals surface area (Å²) in [6.45, 7) is 0.454. The van der Waals surface area contributed by atoms with Gasteiger partial charge >= 0.3 is 0 Å². The van der Waals surface area contributed by atoms with Gasteiger partial charge < -0.3 is 5.32 Å². The molecule has 0 aliphatic heterocycles. The Hall–Kier alpha value is -2.67. The molecule has 1 heterocycles. The summed E-state index contributed by atoms with van der Waals surface area (Å²) >= 11 is 3.24. The molecule has 7 heteroatoms. The van der Waals surface area contributed by atoms with Crippen molar-refractivity contribution < 1.29 is 4.92 Å². The number of benzene rings is 2. The first-order valence-electron chi connectivity index (χ1n) is 6.90. The minimum absolute atomic E-state index is 0.0369. The molecule has 6 nitrogen and oxygen atoms in total. The molecular formula is C16H13BrN4O2. The van der Waals surface area contributed by atoms with Crippen molar-refractivity contribution in [3.63, 3.8) is 0 Å². The van der Waals surface area contributed by atoms with Crippen molar-refractivity contribution in [3.05, 3.63) is 81.1 Å². The number of para-hydroxylation sites is 1. The average Bonchev–Trinajstić information content (AvgIpc) is 3.03. The number of nitro benzene ring substituents is 1. The maximum Gasteiger partial charge on any atom is 0.293 e. The van der Waals surface area contributed by atoms with Gasteiger partial charge in [0.2, 0.25) is 0 Å². The fourth-order valence-electron chi connectivity index (χ4n) is 2.18. The van der Waals surface area contributed by atoms with Crippen molar-refractivity contribution >= 4 is 27.3 Å². The van der Waals surface area contributed by atoms with Gasteiger partial charge in [-0.2, -0.15) is 5.10 Å². The van der Waals surface area contributed by atoms with Crippen LogP contribution in [-0.4, -0.2) is 14.7 Å².